The van der Waals surface area contributed by atoms with Gasteiger partial charge in [0.1, 0.15) is 11.4 Å². The van der Waals surface area contributed by atoms with Crippen molar-refractivity contribution in [1.29, 1.82) is 0 Å². The first-order valence-corrected chi connectivity index (χ1v) is 9.39. The molecule has 0 saturated carbocycles. The van der Waals surface area contributed by atoms with Crippen LogP contribution in [0.3, 0.4) is 0 Å². The van der Waals surface area contributed by atoms with E-state index in [-0.39, 0.29) is 5.97 Å². The van der Waals surface area contributed by atoms with Crippen LogP contribution in [0.4, 0.5) is 5.82 Å². The summed E-state index contributed by atoms with van der Waals surface area (Å²) in [7, 11) is 0. The van der Waals surface area contributed by atoms with E-state index in [1.54, 1.807) is 17.8 Å². The maximum absolute atomic E-state index is 12.5. The number of ether oxygens (including phenoxy) is 1. The normalized spacial score (nSPS) is 17.4. The number of piperidine rings is 1. The third-order valence-corrected chi connectivity index (χ3v) is 4.82. The van der Waals surface area contributed by atoms with Crippen LogP contribution in [0.15, 0.2) is 12.3 Å². The Hall–Kier alpha value is -2.44. The maximum Gasteiger partial charge on any atom is 0.343 e. The van der Waals surface area contributed by atoms with Crippen LogP contribution >= 0.6 is 0 Å². The van der Waals surface area contributed by atoms with Crippen molar-refractivity contribution < 1.29 is 9.53 Å². The number of rotatable bonds is 5. The standard InChI is InChI=1S/C19H27N5O2/c1-5-15-9-7-8-10-23(15)17-16(18(25)26-6-2)12-20-19(21-17)24-14(4)11-13(3)22-24/h11-12,15H,5-10H2,1-4H3/t15-/m0/s1. The minimum atomic E-state index is -0.372. The van der Waals surface area contributed by atoms with Crippen LogP contribution in [0, 0.1) is 13.8 Å². The summed E-state index contributed by atoms with van der Waals surface area (Å²) in [5.41, 5.74) is 2.30. The number of esters is 1. The Balaban J connectivity index is 2.08. The fourth-order valence-corrected chi connectivity index (χ4v) is 3.57. The zero-order chi connectivity index (χ0) is 18.7. The highest BCUT2D eigenvalue weighted by molar-refractivity contribution is 5.94. The van der Waals surface area contributed by atoms with E-state index in [4.69, 9.17) is 9.72 Å². The number of carbonyl (C=O) groups is 1. The second-order valence-corrected chi connectivity index (χ2v) is 6.72. The van der Waals surface area contributed by atoms with Gasteiger partial charge in [-0.25, -0.2) is 14.5 Å². The van der Waals surface area contributed by atoms with E-state index in [9.17, 15) is 4.79 Å². The highest BCUT2D eigenvalue weighted by Gasteiger charge is 2.28. The molecule has 2 aromatic heterocycles. The number of aromatic nitrogens is 4. The van der Waals surface area contributed by atoms with Crippen LogP contribution in [-0.2, 0) is 4.74 Å². The van der Waals surface area contributed by atoms with E-state index in [0.717, 1.165) is 37.2 Å². The molecule has 0 aliphatic carbocycles. The Bertz CT molecular complexity index is 786. The van der Waals surface area contributed by atoms with Crippen molar-refractivity contribution >= 4 is 11.8 Å². The molecule has 0 bridgehead atoms. The van der Waals surface area contributed by atoms with Gasteiger partial charge in [-0.15, -0.1) is 0 Å². The topological polar surface area (TPSA) is 73.1 Å². The van der Waals surface area contributed by atoms with Crippen LogP contribution in [0.2, 0.25) is 0 Å². The Morgan fingerprint density at radius 2 is 2.12 bits per heavy atom. The summed E-state index contributed by atoms with van der Waals surface area (Å²) in [6.07, 6.45) is 6.00. The average molecular weight is 357 g/mol. The molecule has 140 valence electrons. The molecule has 0 aromatic carbocycles. The molecule has 0 spiro atoms. The fourth-order valence-electron chi connectivity index (χ4n) is 3.57. The van der Waals surface area contributed by atoms with E-state index >= 15 is 0 Å². The van der Waals surface area contributed by atoms with Gasteiger partial charge in [-0.2, -0.15) is 10.1 Å². The van der Waals surface area contributed by atoms with E-state index < -0.39 is 0 Å². The first-order chi connectivity index (χ1) is 12.5. The molecule has 7 nitrogen and oxygen atoms in total. The third-order valence-electron chi connectivity index (χ3n) is 4.82. The van der Waals surface area contributed by atoms with Gasteiger partial charge in [-0.05, 0) is 52.5 Å². The lowest BCUT2D eigenvalue weighted by molar-refractivity contribution is 0.0526. The third kappa shape index (κ3) is 3.57. The fraction of sp³-hybridized carbons (Fsp3) is 0.579. The lowest BCUT2D eigenvalue weighted by Gasteiger charge is -2.37. The quantitative estimate of drug-likeness (QED) is 0.765. The number of carbonyl (C=O) groups excluding carboxylic acids is 1. The van der Waals surface area contributed by atoms with E-state index in [2.05, 4.69) is 21.9 Å². The van der Waals surface area contributed by atoms with Gasteiger partial charge in [0.25, 0.3) is 5.95 Å². The van der Waals surface area contributed by atoms with Gasteiger partial charge in [0.05, 0.1) is 12.3 Å². The molecular formula is C19H27N5O2. The van der Waals surface area contributed by atoms with Crippen molar-refractivity contribution in [3.63, 3.8) is 0 Å². The predicted molar refractivity (Wildman–Crippen MR) is 99.9 cm³/mol. The molecule has 0 radical (unpaired) electrons. The molecule has 3 rings (SSSR count). The van der Waals surface area contributed by atoms with Crippen molar-refractivity contribution in [2.45, 2.75) is 59.4 Å². The van der Waals surface area contributed by atoms with Crippen LogP contribution in [0.25, 0.3) is 5.95 Å². The summed E-state index contributed by atoms with van der Waals surface area (Å²) in [5.74, 6) is 0.773. The predicted octanol–water partition coefficient (Wildman–Crippen LogP) is 3.22. The highest BCUT2D eigenvalue weighted by Crippen LogP contribution is 2.28. The van der Waals surface area contributed by atoms with E-state index in [1.165, 1.54) is 6.42 Å². The Morgan fingerprint density at radius 1 is 1.31 bits per heavy atom. The van der Waals surface area contributed by atoms with Crippen molar-refractivity contribution in [3.05, 3.63) is 29.2 Å². The van der Waals surface area contributed by atoms with Crippen molar-refractivity contribution in [1.82, 2.24) is 19.7 Å². The van der Waals surface area contributed by atoms with Crippen molar-refractivity contribution in [2.24, 2.45) is 0 Å². The van der Waals surface area contributed by atoms with Crippen molar-refractivity contribution in [3.8, 4) is 5.95 Å². The Kier molecular flexibility index (Phi) is 5.54. The van der Waals surface area contributed by atoms with Crippen LogP contribution in [-0.4, -0.2) is 44.9 Å². The molecule has 0 unspecified atom stereocenters. The number of hydrogen-bond acceptors (Lipinski definition) is 6. The van der Waals surface area contributed by atoms with Crippen LogP contribution in [0.5, 0.6) is 0 Å². The van der Waals surface area contributed by atoms with Gasteiger partial charge in [0.15, 0.2) is 0 Å². The SMILES string of the molecule is CCOC(=O)c1cnc(-n2nc(C)cc2C)nc1N1CCCC[C@@H]1CC. The van der Waals surface area contributed by atoms with E-state index in [1.807, 2.05) is 19.9 Å². The van der Waals surface area contributed by atoms with Gasteiger partial charge < -0.3 is 9.64 Å². The van der Waals surface area contributed by atoms with Crippen molar-refractivity contribution in [2.75, 3.05) is 18.1 Å². The Labute approximate surface area is 154 Å². The molecule has 1 fully saturated rings. The smallest absolute Gasteiger partial charge is 0.343 e. The molecule has 2 aromatic rings. The number of nitrogens with zero attached hydrogens (tertiary/aromatic N) is 5. The molecule has 7 heteroatoms. The lowest BCUT2D eigenvalue weighted by atomic mass is 9.99. The molecule has 3 heterocycles. The van der Waals surface area contributed by atoms with Gasteiger partial charge in [0.2, 0.25) is 0 Å². The first-order valence-electron chi connectivity index (χ1n) is 9.39. The monoisotopic (exact) mass is 357 g/mol. The second kappa shape index (κ2) is 7.85. The molecule has 0 N–H and O–H groups in total. The minimum absolute atomic E-state index is 0.328. The molecule has 0 amide bonds. The number of anilines is 1. The summed E-state index contributed by atoms with van der Waals surface area (Å²) in [4.78, 5) is 23.9. The van der Waals surface area contributed by atoms with Gasteiger partial charge in [0, 0.05) is 24.5 Å². The van der Waals surface area contributed by atoms with Gasteiger partial charge in [-0.1, -0.05) is 6.92 Å². The lowest BCUT2D eigenvalue weighted by Crippen LogP contribution is -2.41. The first kappa shape index (κ1) is 18.4. The summed E-state index contributed by atoms with van der Waals surface area (Å²) in [5, 5.41) is 4.47. The average Bonchev–Trinajstić information content (AvgIpc) is 2.99. The van der Waals surface area contributed by atoms with Gasteiger partial charge >= 0.3 is 5.97 Å². The number of hydrogen-bond donors (Lipinski definition) is 0. The number of aryl methyl sites for hydroxylation is 2. The molecule has 1 aliphatic heterocycles. The van der Waals surface area contributed by atoms with Gasteiger partial charge in [-0.3, -0.25) is 0 Å². The van der Waals surface area contributed by atoms with Crippen LogP contribution in [0.1, 0.15) is 61.3 Å². The highest BCUT2D eigenvalue weighted by atomic mass is 16.5. The molecule has 1 aliphatic rings. The zero-order valence-electron chi connectivity index (χ0n) is 16.0. The zero-order valence-corrected chi connectivity index (χ0v) is 16.0. The molecule has 1 atom stereocenters. The van der Waals surface area contributed by atoms with Crippen LogP contribution < -0.4 is 4.90 Å². The molecule has 26 heavy (non-hydrogen) atoms. The van der Waals surface area contributed by atoms with E-state index in [0.29, 0.717) is 30.0 Å². The minimum Gasteiger partial charge on any atom is -0.462 e. The summed E-state index contributed by atoms with van der Waals surface area (Å²) < 4.78 is 6.95. The summed E-state index contributed by atoms with van der Waals surface area (Å²) in [6.45, 7) is 9.11. The Morgan fingerprint density at radius 3 is 2.77 bits per heavy atom. The molecular weight excluding hydrogens is 330 g/mol. The largest absolute Gasteiger partial charge is 0.462 e. The summed E-state index contributed by atoms with van der Waals surface area (Å²) in [6, 6.07) is 2.36. The maximum atomic E-state index is 12.5. The second-order valence-electron chi connectivity index (χ2n) is 6.72. The summed E-state index contributed by atoms with van der Waals surface area (Å²) >= 11 is 0. The molecule has 1 saturated heterocycles.